The molecule has 0 heterocycles. The summed E-state index contributed by atoms with van der Waals surface area (Å²) >= 11 is 5.74. The first-order valence-electron chi connectivity index (χ1n) is 5.65. The van der Waals surface area contributed by atoms with Gasteiger partial charge in [0.05, 0.1) is 6.54 Å². The number of benzene rings is 2. The molecule has 1 amide bonds. The number of halogens is 4. The molecule has 0 aromatic heterocycles. The highest BCUT2D eigenvalue weighted by molar-refractivity contribution is 6.23. The van der Waals surface area contributed by atoms with Crippen LogP contribution in [0.15, 0.2) is 42.5 Å². The zero-order valence-electron chi connectivity index (χ0n) is 10.1. The number of carbonyl (C=O) groups is 1. The summed E-state index contributed by atoms with van der Waals surface area (Å²) in [6, 6.07) is 9.11. The first-order valence-corrected chi connectivity index (χ1v) is 5.99. The summed E-state index contributed by atoms with van der Waals surface area (Å²) in [5.74, 6) is -3.81. The number of amides is 1. The number of hydrogen-bond acceptors (Lipinski definition) is 1. The molecule has 6 heteroatoms. The summed E-state index contributed by atoms with van der Waals surface area (Å²) in [7, 11) is 0. The first-order chi connectivity index (χ1) is 9.49. The molecule has 0 atom stereocenters. The van der Waals surface area contributed by atoms with Crippen LogP contribution >= 0.6 is 11.8 Å². The van der Waals surface area contributed by atoms with Gasteiger partial charge in [0.25, 0.3) is 5.91 Å². The van der Waals surface area contributed by atoms with Crippen LogP contribution in [0.2, 0.25) is 0 Å². The van der Waals surface area contributed by atoms with E-state index in [0.29, 0.717) is 16.6 Å². The molecule has 0 saturated carbocycles. The van der Waals surface area contributed by atoms with Crippen LogP contribution in [0.25, 0.3) is 0 Å². The molecule has 20 heavy (non-hydrogen) atoms. The molecule has 0 saturated heterocycles. The fourth-order valence-electron chi connectivity index (χ4n) is 1.65. The third-order valence-electron chi connectivity index (χ3n) is 2.64. The molecule has 0 fully saturated rings. The Labute approximate surface area is 118 Å². The largest absolute Gasteiger partial charge is 0.268 e. The highest BCUT2D eigenvalue weighted by atomic mass is 35.5. The summed E-state index contributed by atoms with van der Waals surface area (Å²) in [5, 5.41) is 0. The molecule has 2 nitrogen and oxygen atoms in total. The van der Waals surface area contributed by atoms with Crippen molar-refractivity contribution in [3.05, 3.63) is 71.0 Å². The predicted molar refractivity (Wildman–Crippen MR) is 68.5 cm³/mol. The molecular formula is C14H9ClF3NO. The second-order valence-electron chi connectivity index (χ2n) is 4.04. The van der Waals surface area contributed by atoms with Crippen LogP contribution in [0.3, 0.4) is 0 Å². The van der Waals surface area contributed by atoms with E-state index in [2.05, 4.69) is 0 Å². The SMILES string of the molecule is O=C(c1ccccc1)N(Cl)Cc1c(F)cc(F)cc1F. The first kappa shape index (κ1) is 14.4. The van der Waals surface area contributed by atoms with Crippen molar-refractivity contribution in [2.45, 2.75) is 6.54 Å². The lowest BCUT2D eigenvalue weighted by Gasteiger charge is -2.15. The molecule has 0 bridgehead atoms. The fourth-order valence-corrected chi connectivity index (χ4v) is 1.87. The number of carbonyl (C=O) groups excluding carboxylic acids is 1. The molecule has 0 aliphatic carbocycles. The molecule has 0 unspecified atom stereocenters. The Bertz CT molecular complexity index is 611. The van der Waals surface area contributed by atoms with Crippen molar-refractivity contribution < 1.29 is 18.0 Å². The Hall–Kier alpha value is -2.01. The van der Waals surface area contributed by atoms with Crippen LogP contribution < -0.4 is 0 Å². The van der Waals surface area contributed by atoms with E-state index in [1.807, 2.05) is 0 Å². The van der Waals surface area contributed by atoms with Crippen molar-refractivity contribution in [3.8, 4) is 0 Å². The van der Waals surface area contributed by atoms with Gasteiger partial charge < -0.3 is 0 Å². The topological polar surface area (TPSA) is 20.3 Å². The van der Waals surface area contributed by atoms with Gasteiger partial charge in [0.1, 0.15) is 17.5 Å². The van der Waals surface area contributed by atoms with E-state index < -0.39 is 35.5 Å². The highest BCUT2D eigenvalue weighted by Gasteiger charge is 2.19. The normalized spacial score (nSPS) is 10.4. The summed E-state index contributed by atoms with van der Waals surface area (Å²) < 4.78 is 40.3. The van der Waals surface area contributed by atoms with Crippen LogP contribution in [0.5, 0.6) is 0 Å². The summed E-state index contributed by atoms with van der Waals surface area (Å²) in [6.45, 7) is -0.507. The van der Waals surface area contributed by atoms with Crippen LogP contribution in [0.1, 0.15) is 15.9 Å². The standard InChI is InChI=1S/C14H9ClF3NO/c15-19(14(20)9-4-2-1-3-5-9)8-11-12(17)6-10(16)7-13(11)18/h1-7H,8H2. The van der Waals surface area contributed by atoms with Crippen LogP contribution in [-0.2, 0) is 6.54 Å². The molecule has 104 valence electrons. The predicted octanol–water partition coefficient (Wildman–Crippen LogP) is 3.90. The lowest BCUT2D eigenvalue weighted by molar-refractivity contribution is 0.0855. The average molecular weight is 300 g/mol. The van der Waals surface area contributed by atoms with E-state index in [9.17, 15) is 18.0 Å². The Morgan fingerprint density at radius 1 is 1.05 bits per heavy atom. The van der Waals surface area contributed by atoms with Crippen LogP contribution in [0, 0.1) is 17.5 Å². The molecule has 0 radical (unpaired) electrons. The average Bonchev–Trinajstić information content (AvgIpc) is 2.42. The van der Waals surface area contributed by atoms with E-state index in [0.717, 1.165) is 0 Å². The zero-order chi connectivity index (χ0) is 14.7. The zero-order valence-corrected chi connectivity index (χ0v) is 10.9. The third-order valence-corrected chi connectivity index (χ3v) is 2.92. The second-order valence-corrected chi connectivity index (χ2v) is 4.45. The van der Waals surface area contributed by atoms with E-state index >= 15 is 0 Å². The Kier molecular flexibility index (Phi) is 4.29. The third kappa shape index (κ3) is 3.11. The van der Waals surface area contributed by atoms with E-state index in [1.165, 1.54) is 12.1 Å². The smallest absolute Gasteiger partial charge is 0.268 e. The van der Waals surface area contributed by atoms with Gasteiger partial charge in [0, 0.05) is 35.0 Å². The van der Waals surface area contributed by atoms with Crippen molar-refractivity contribution in [2.75, 3.05) is 0 Å². The lowest BCUT2D eigenvalue weighted by Crippen LogP contribution is -2.22. The Balaban J connectivity index is 2.20. The number of nitrogens with zero attached hydrogens (tertiary/aromatic N) is 1. The molecule has 0 aliphatic heterocycles. The lowest BCUT2D eigenvalue weighted by atomic mass is 10.1. The van der Waals surface area contributed by atoms with Gasteiger partial charge in [-0.3, -0.25) is 4.79 Å². The summed E-state index contributed by atoms with van der Waals surface area (Å²) in [4.78, 5) is 11.9. The minimum atomic E-state index is -1.09. The number of rotatable bonds is 3. The van der Waals surface area contributed by atoms with Gasteiger partial charge in [-0.05, 0) is 12.1 Å². The van der Waals surface area contributed by atoms with Crippen molar-refractivity contribution in [3.63, 3.8) is 0 Å². The maximum absolute atomic E-state index is 13.5. The van der Waals surface area contributed by atoms with Gasteiger partial charge in [-0.2, -0.15) is 0 Å². The van der Waals surface area contributed by atoms with Crippen LogP contribution in [-0.4, -0.2) is 10.3 Å². The summed E-state index contributed by atoms with van der Waals surface area (Å²) in [6.07, 6.45) is 0. The van der Waals surface area contributed by atoms with Crippen molar-refractivity contribution in [1.29, 1.82) is 0 Å². The van der Waals surface area contributed by atoms with Crippen molar-refractivity contribution in [1.82, 2.24) is 4.42 Å². The van der Waals surface area contributed by atoms with Crippen molar-refractivity contribution in [2.24, 2.45) is 0 Å². The van der Waals surface area contributed by atoms with E-state index in [-0.39, 0.29) is 5.56 Å². The molecular weight excluding hydrogens is 291 g/mol. The van der Waals surface area contributed by atoms with Gasteiger partial charge in [0.2, 0.25) is 0 Å². The molecule has 2 rings (SSSR count). The second kappa shape index (κ2) is 5.96. The van der Waals surface area contributed by atoms with Gasteiger partial charge in [-0.1, -0.05) is 18.2 Å². The molecule has 0 N–H and O–H groups in total. The minimum Gasteiger partial charge on any atom is -0.268 e. The van der Waals surface area contributed by atoms with Crippen LogP contribution in [0.4, 0.5) is 13.2 Å². The quantitative estimate of drug-likeness (QED) is 0.787. The van der Waals surface area contributed by atoms with Gasteiger partial charge >= 0.3 is 0 Å². The van der Waals surface area contributed by atoms with Gasteiger partial charge in [-0.25, -0.2) is 17.6 Å². The maximum Gasteiger partial charge on any atom is 0.268 e. The molecule has 2 aromatic rings. The maximum atomic E-state index is 13.5. The van der Waals surface area contributed by atoms with Gasteiger partial charge in [0.15, 0.2) is 0 Å². The summed E-state index contributed by atoms with van der Waals surface area (Å²) in [5.41, 5.74) is -0.184. The van der Waals surface area contributed by atoms with E-state index in [1.54, 1.807) is 18.2 Å². The Morgan fingerprint density at radius 3 is 2.15 bits per heavy atom. The van der Waals surface area contributed by atoms with Gasteiger partial charge in [-0.15, -0.1) is 0 Å². The monoisotopic (exact) mass is 299 g/mol. The Morgan fingerprint density at radius 2 is 1.60 bits per heavy atom. The number of hydrogen-bond donors (Lipinski definition) is 0. The van der Waals surface area contributed by atoms with Crippen molar-refractivity contribution >= 4 is 17.7 Å². The minimum absolute atomic E-state index is 0.283. The molecule has 0 aliphatic rings. The molecule has 2 aromatic carbocycles. The molecule has 0 spiro atoms. The highest BCUT2D eigenvalue weighted by Crippen LogP contribution is 2.19. The fraction of sp³-hybridized carbons (Fsp3) is 0.0714. The van der Waals surface area contributed by atoms with E-state index in [4.69, 9.17) is 11.8 Å².